The number of hydrogen-bond donors (Lipinski definition) is 3. The lowest BCUT2D eigenvalue weighted by Gasteiger charge is -2.49. The zero-order valence-corrected chi connectivity index (χ0v) is 22.5. The van der Waals surface area contributed by atoms with Crippen molar-refractivity contribution in [2.45, 2.75) is 70.2 Å². The lowest BCUT2D eigenvalue weighted by molar-refractivity contribution is -0.159. The van der Waals surface area contributed by atoms with E-state index in [4.69, 9.17) is 9.47 Å². The summed E-state index contributed by atoms with van der Waals surface area (Å²) in [4.78, 5) is 52.7. The van der Waals surface area contributed by atoms with Crippen LogP contribution in [0.15, 0.2) is 41.6 Å². The SMILES string of the molecule is CC(C)(C)OC(=O)NC(C(=O)NC1C(=O)N2C(C(=O)OC(C)(C)C)=C(CO)CS(=O)[C@H]12)c1ccccc1. The molecule has 3 unspecified atom stereocenters. The summed E-state index contributed by atoms with van der Waals surface area (Å²) in [5.74, 6) is -2.39. The number of alkyl carbamates (subject to hydrolysis) is 1. The molecule has 0 spiro atoms. The second kappa shape index (κ2) is 10.6. The molecule has 3 amide bonds. The number of nitrogens with zero attached hydrogens (tertiary/aromatic N) is 1. The number of rotatable bonds is 6. The second-order valence-corrected chi connectivity index (χ2v) is 12.2. The van der Waals surface area contributed by atoms with E-state index in [-0.39, 0.29) is 17.0 Å². The molecule has 202 valence electrons. The van der Waals surface area contributed by atoms with Gasteiger partial charge in [0, 0.05) is 0 Å². The first-order valence-corrected chi connectivity index (χ1v) is 13.1. The molecule has 1 aromatic carbocycles. The third kappa shape index (κ3) is 6.55. The number of amides is 3. The summed E-state index contributed by atoms with van der Waals surface area (Å²) in [5.41, 5.74) is -1.27. The summed E-state index contributed by atoms with van der Waals surface area (Å²) in [5, 5.41) is 13.8. The standard InChI is InChI=1S/C25H33N3O8S/c1-24(2,3)35-22(32)18-15(12-29)13-37(34)21-17(20(31)28(18)21)26-19(30)16(14-10-8-7-9-11-14)27-23(33)36-25(4,5)6/h7-11,16-17,21,29H,12-13H2,1-6H3,(H,26,30)(H,27,33)/t16?,17?,21-,37?/m1/s1. The van der Waals surface area contributed by atoms with Gasteiger partial charge in [-0.15, -0.1) is 0 Å². The number of carbonyl (C=O) groups is 4. The number of nitrogens with one attached hydrogen (secondary N) is 2. The van der Waals surface area contributed by atoms with Crippen LogP contribution in [0.1, 0.15) is 53.1 Å². The van der Waals surface area contributed by atoms with Crippen LogP contribution in [-0.2, 0) is 34.7 Å². The van der Waals surface area contributed by atoms with Gasteiger partial charge in [0.1, 0.15) is 34.4 Å². The van der Waals surface area contributed by atoms with Gasteiger partial charge in [0.15, 0.2) is 0 Å². The molecule has 0 aliphatic carbocycles. The molecule has 0 aromatic heterocycles. The molecular formula is C25H33N3O8S. The van der Waals surface area contributed by atoms with Crippen molar-refractivity contribution in [3.63, 3.8) is 0 Å². The summed E-state index contributed by atoms with van der Waals surface area (Å²) >= 11 is 0. The Morgan fingerprint density at radius 1 is 1.08 bits per heavy atom. The molecule has 11 nitrogen and oxygen atoms in total. The highest BCUT2D eigenvalue weighted by Gasteiger charge is 2.57. The third-order valence-corrected chi connectivity index (χ3v) is 7.00. The van der Waals surface area contributed by atoms with Gasteiger partial charge in [0.25, 0.3) is 5.91 Å². The maximum atomic E-state index is 13.3. The van der Waals surface area contributed by atoms with E-state index in [2.05, 4.69) is 10.6 Å². The number of hydrogen-bond acceptors (Lipinski definition) is 8. The largest absolute Gasteiger partial charge is 0.455 e. The quantitative estimate of drug-likeness (QED) is 0.364. The average Bonchev–Trinajstić information content (AvgIpc) is 2.78. The highest BCUT2D eigenvalue weighted by Crippen LogP contribution is 2.36. The highest BCUT2D eigenvalue weighted by atomic mass is 32.2. The fourth-order valence-corrected chi connectivity index (χ4v) is 5.57. The van der Waals surface area contributed by atoms with Gasteiger partial charge >= 0.3 is 12.1 Å². The van der Waals surface area contributed by atoms with Crippen LogP contribution in [0.2, 0.25) is 0 Å². The summed E-state index contributed by atoms with van der Waals surface area (Å²) in [7, 11) is -1.71. The summed E-state index contributed by atoms with van der Waals surface area (Å²) in [6, 6.07) is 5.97. The van der Waals surface area contributed by atoms with E-state index in [9.17, 15) is 28.5 Å². The van der Waals surface area contributed by atoms with E-state index in [0.29, 0.717) is 5.56 Å². The Morgan fingerprint density at radius 2 is 1.68 bits per heavy atom. The van der Waals surface area contributed by atoms with Crippen molar-refractivity contribution in [1.82, 2.24) is 15.5 Å². The molecule has 3 N–H and O–H groups in total. The van der Waals surface area contributed by atoms with Crippen molar-refractivity contribution in [2.75, 3.05) is 12.4 Å². The normalized spacial score (nSPS) is 22.4. The van der Waals surface area contributed by atoms with Gasteiger partial charge in [-0.1, -0.05) is 30.3 Å². The Labute approximate surface area is 218 Å². The first-order chi connectivity index (χ1) is 17.1. The lowest BCUT2D eigenvalue weighted by atomic mass is 10.0. The van der Waals surface area contributed by atoms with E-state index in [1.165, 1.54) is 0 Å². The van der Waals surface area contributed by atoms with Crippen molar-refractivity contribution in [3.05, 3.63) is 47.2 Å². The van der Waals surface area contributed by atoms with Crippen molar-refractivity contribution in [3.8, 4) is 0 Å². The zero-order chi connectivity index (χ0) is 27.7. The van der Waals surface area contributed by atoms with Gasteiger partial charge in [0.2, 0.25) is 5.91 Å². The van der Waals surface area contributed by atoms with Gasteiger partial charge in [-0.25, -0.2) is 9.59 Å². The van der Waals surface area contributed by atoms with Crippen LogP contribution in [-0.4, -0.2) is 73.1 Å². The van der Waals surface area contributed by atoms with Crippen LogP contribution in [0.25, 0.3) is 0 Å². The first kappa shape index (κ1) is 28.3. The van der Waals surface area contributed by atoms with Gasteiger partial charge in [-0.05, 0) is 52.7 Å². The van der Waals surface area contributed by atoms with E-state index in [1.807, 2.05) is 0 Å². The van der Waals surface area contributed by atoms with Crippen LogP contribution < -0.4 is 10.6 Å². The molecule has 3 rings (SSSR count). The number of carbonyl (C=O) groups excluding carboxylic acids is 4. The molecule has 2 heterocycles. The average molecular weight is 536 g/mol. The smallest absolute Gasteiger partial charge is 0.408 e. The van der Waals surface area contributed by atoms with Crippen LogP contribution in [0.5, 0.6) is 0 Å². The van der Waals surface area contributed by atoms with Crippen molar-refractivity contribution >= 4 is 34.7 Å². The molecule has 2 aliphatic heterocycles. The second-order valence-electron chi connectivity index (χ2n) is 10.7. The topological polar surface area (TPSA) is 151 Å². The number of benzene rings is 1. The van der Waals surface area contributed by atoms with Crippen molar-refractivity contribution in [2.24, 2.45) is 0 Å². The molecule has 12 heteroatoms. The minimum atomic E-state index is -1.71. The van der Waals surface area contributed by atoms with E-state index in [1.54, 1.807) is 71.9 Å². The molecule has 2 aliphatic rings. The maximum Gasteiger partial charge on any atom is 0.408 e. The number of aliphatic hydroxyl groups is 1. The zero-order valence-electron chi connectivity index (χ0n) is 21.7. The molecule has 0 radical (unpaired) electrons. The Balaban J connectivity index is 1.84. The predicted molar refractivity (Wildman–Crippen MR) is 134 cm³/mol. The Morgan fingerprint density at radius 3 is 2.22 bits per heavy atom. The molecule has 37 heavy (non-hydrogen) atoms. The summed E-state index contributed by atoms with van der Waals surface area (Å²) < 4.78 is 23.6. The Bertz CT molecular complexity index is 1140. The van der Waals surface area contributed by atoms with Gasteiger partial charge < -0.3 is 25.2 Å². The van der Waals surface area contributed by atoms with Gasteiger partial charge in [-0.3, -0.25) is 18.7 Å². The summed E-state index contributed by atoms with van der Waals surface area (Å²) in [6.07, 6.45) is -0.831. The fourth-order valence-electron chi connectivity index (χ4n) is 3.90. The molecule has 4 atom stereocenters. The van der Waals surface area contributed by atoms with Crippen molar-refractivity contribution in [1.29, 1.82) is 0 Å². The highest BCUT2D eigenvalue weighted by molar-refractivity contribution is 7.86. The van der Waals surface area contributed by atoms with Crippen LogP contribution in [0.3, 0.4) is 0 Å². The van der Waals surface area contributed by atoms with Crippen LogP contribution in [0.4, 0.5) is 4.79 Å². The number of β-lactam (4-membered cyclic amide) rings is 1. The minimum Gasteiger partial charge on any atom is -0.455 e. The molecular weight excluding hydrogens is 502 g/mol. The maximum absolute atomic E-state index is 13.3. The van der Waals surface area contributed by atoms with E-state index in [0.717, 1.165) is 4.90 Å². The molecule has 1 aromatic rings. The Kier molecular flexibility index (Phi) is 8.13. The van der Waals surface area contributed by atoms with Gasteiger partial charge in [0.05, 0.1) is 23.2 Å². The number of ether oxygens (including phenoxy) is 2. The number of fused-ring (bicyclic) bond motifs is 1. The molecule has 1 saturated heterocycles. The first-order valence-electron chi connectivity index (χ1n) is 11.7. The monoisotopic (exact) mass is 535 g/mol. The van der Waals surface area contributed by atoms with Crippen molar-refractivity contribution < 1.29 is 38.0 Å². The van der Waals surface area contributed by atoms with E-state index >= 15 is 0 Å². The van der Waals surface area contributed by atoms with Crippen LogP contribution >= 0.6 is 0 Å². The predicted octanol–water partition coefficient (Wildman–Crippen LogP) is 1.26. The fraction of sp³-hybridized carbons (Fsp3) is 0.520. The molecule has 0 saturated carbocycles. The third-order valence-electron chi connectivity index (χ3n) is 5.34. The molecule has 1 fully saturated rings. The number of aliphatic hydroxyl groups excluding tert-OH is 1. The Hall–Kier alpha value is -3.25. The van der Waals surface area contributed by atoms with Crippen LogP contribution in [0, 0.1) is 0 Å². The summed E-state index contributed by atoms with van der Waals surface area (Å²) in [6.45, 7) is 9.44. The minimum absolute atomic E-state index is 0.121. The molecule has 0 bridgehead atoms. The number of esters is 1. The van der Waals surface area contributed by atoms with E-state index < -0.39 is 69.9 Å². The van der Waals surface area contributed by atoms with Gasteiger partial charge in [-0.2, -0.15) is 0 Å². The lowest BCUT2D eigenvalue weighted by Crippen LogP contribution is -2.74.